The van der Waals surface area contributed by atoms with E-state index in [-0.39, 0.29) is 36.3 Å². The summed E-state index contributed by atoms with van der Waals surface area (Å²) in [5.41, 5.74) is 0.476. The quantitative estimate of drug-likeness (QED) is 0.384. The second-order valence-electron chi connectivity index (χ2n) is 12.0. The Kier molecular flexibility index (Phi) is 7.97. The number of nitrogens with zero attached hydrogens (tertiary/aromatic N) is 1. The van der Waals surface area contributed by atoms with Gasteiger partial charge in [0.1, 0.15) is 0 Å². The summed E-state index contributed by atoms with van der Waals surface area (Å²) < 4.78 is 26.0. The first-order valence-corrected chi connectivity index (χ1v) is 15.3. The van der Waals surface area contributed by atoms with Crippen LogP contribution in [0, 0.1) is 11.3 Å². The molecule has 0 spiro atoms. The van der Waals surface area contributed by atoms with Crippen LogP contribution in [0.1, 0.15) is 76.5 Å². The number of hydrogen-bond donors (Lipinski definition) is 1. The smallest absolute Gasteiger partial charge is 0.304 e. The number of carbonyl (C=O) groups excluding carboxylic acids is 1. The third-order valence-electron chi connectivity index (χ3n) is 7.98. The molecule has 1 amide bonds. The molecule has 6 nitrogen and oxygen atoms in total. The van der Waals surface area contributed by atoms with Crippen molar-refractivity contribution in [2.45, 2.75) is 76.1 Å². The molecule has 2 aromatic rings. The van der Waals surface area contributed by atoms with Crippen LogP contribution in [0.2, 0.25) is 10.0 Å². The Morgan fingerprint density at radius 2 is 1.71 bits per heavy atom. The number of halogens is 2. The summed E-state index contributed by atoms with van der Waals surface area (Å²) in [7, 11) is -3.59. The molecule has 1 unspecified atom stereocenters. The molecule has 0 radical (unpaired) electrons. The average Bonchev–Trinajstić information content (AvgIpc) is 3.64. The monoisotopic (exact) mass is 579 g/mol. The Labute approximate surface area is 235 Å². The highest BCUT2D eigenvalue weighted by atomic mass is 35.5. The van der Waals surface area contributed by atoms with Crippen LogP contribution in [-0.4, -0.2) is 46.8 Å². The Morgan fingerprint density at radius 1 is 1.08 bits per heavy atom. The summed E-state index contributed by atoms with van der Waals surface area (Å²) in [6, 6.07) is 13.6. The van der Waals surface area contributed by atoms with Gasteiger partial charge in [0, 0.05) is 22.0 Å². The van der Waals surface area contributed by atoms with Crippen LogP contribution >= 0.6 is 23.2 Å². The second kappa shape index (κ2) is 10.5. The van der Waals surface area contributed by atoms with Crippen LogP contribution in [0.5, 0.6) is 0 Å². The minimum Gasteiger partial charge on any atom is -0.481 e. The highest BCUT2D eigenvalue weighted by Gasteiger charge is 2.55. The number of carbonyl (C=O) groups is 2. The fraction of sp³-hybridized carbons (Fsp3) is 0.517. The van der Waals surface area contributed by atoms with Crippen LogP contribution < -0.4 is 0 Å². The normalized spacial score (nSPS) is 25.3. The van der Waals surface area contributed by atoms with Gasteiger partial charge in [0.05, 0.1) is 28.4 Å². The van der Waals surface area contributed by atoms with E-state index in [4.69, 9.17) is 23.2 Å². The van der Waals surface area contributed by atoms with Crippen molar-refractivity contribution in [2.24, 2.45) is 11.3 Å². The number of carboxylic acid groups (broad SMARTS) is 1. The van der Waals surface area contributed by atoms with Gasteiger partial charge in [-0.3, -0.25) is 9.59 Å². The van der Waals surface area contributed by atoms with Gasteiger partial charge in [-0.25, -0.2) is 8.42 Å². The number of piperidine rings is 1. The summed E-state index contributed by atoms with van der Waals surface area (Å²) in [5, 5.41) is 10.9. The van der Waals surface area contributed by atoms with E-state index in [9.17, 15) is 23.1 Å². The summed E-state index contributed by atoms with van der Waals surface area (Å²) >= 11 is 12.6. The number of aliphatic carboxylic acids is 1. The van der Waals surface area contributed by atoms with Crippen molar-refractivity contribution in [1.29, 1.82) is 0 Å². The van der Waals surface area contributed by atoms with E-state index in [0.717, 1.165) is 24.0 Å². The lowest BCUT2D eigenvalue weighted by Gasteiger charge is -2.52. The van der Waals surface area contributed by atoms with Gasteiger partial charge in [0.25, 0.3) is 0 Å². The van der Waals surface area contributed by atoms with Crippen LogP contribution in [0.3, 0.4) is 0 Å². The number of benzene rings is 2. The third kappa shape index (κ3) is 5.90. The first-order valence-electron chi connectivity index (χ1n) is 12.9. The third-order valence-corrected chi connectivity index (χ3v) is 11.1. The Bertz CT molecular complexity index is 1320. The fourth-order valence-electron chi connectivity index (χ4n) is 5.64. The molecule has 38 heavy (non-hydrogen) atoms. The largest absolute Gasteiger partial charge is 0.481 e. The lowest BCUT2D eigenvalue weighted by molar-refractivity contribution is -0.160. The minimum atomic E-state index is -3.59. The maximum atomic E-state index is 14.4. The number of likely N-dealkylation sites (tertiary alicyclic amines) is 1. The first-order chi connectivity index (χ1) is 17.6. The lowest BCUT2D eigenvalue weighted by Crippen LogP contribution is -2.58. The molecule has 1 aliphatic heterocycles. The molecule has 1 saturated carbocycles. The van der Waals surface area contributed by atoms with Crippen LogP contribution in [0.4, 0.5) is 0 Å². The first kappa shape index (κ1) is 28.9. The predicted molar refractivity (Wildman–Crippen MR) is 150 cm³/mol. The molecule has 2 aliphatic rings. The molecule has 2 aromatic carbocycles. The highest BCUT2D eigenvalue weighted by molar-refractivity contribution is 7.92. The molecule has 0 aromatic heterocycles. The van der Waals surface area contributed by atoms with Crippen molar-refractivity contribution in [3.63, 3.8) is 0 Å². The topological polar surface area (TPSA) is 91.8 Å². The van der Waals surface area contributed by atoms with Crippen LogP contribution in [0.25, 0.3) is 0 Å². The standard InChI is InChI=1S/C29H35Cl2NO5S/c1-28(2,3)38(36,37)17-24(18-8-9-18)32-26(19-10-12-21(30)13-11-19)23(20-6-5-7-22(31)14-20)15-29(4,27(32)35)16-25(33)34/h5-7,10-14,18,23-24,26H,8-9,15-17H2,1-4H3,(H,33,34)/t23-,24?,26-,29-/m1/s1. The SMILES string of the molecule is CC(C)(C)S(=O)(=O)CC(C1CC1)N1C(=O)[C@@](C)(CC(=O)O)C[C@H](c2cccc(Cl)c2)[C@H]1c1ccc(Cl)cc1. The van der Waals surface area contributed by atoms with E-state index in [1.54, 1.807) is 50.8 Å². The van der Waals surface area contributed by atoms with Crippen LogP contribution in [0.15, 0.2) is 48.5 Å². The summed E-state index contributed by atoms with van der Waals surface area (Å²) in [4.78, 5) is 28.1. The zero-order chi connectivity index (χ0) is 28.0. The van der Waals surface area contributed by atoms with Crippen molar-refractivity contribution < 1.29 is 23.1 Å². The Morgan fingerprint density at radius 3 is 2.24 bits per heavy atom. The number of sulfone groups is 1. The number of amides is 1. The van der Waals surface area contributed by atoms with Gasteiger partial charge >= 0.3 is 5.97 Å². The summed E-state index contributed by atoms with van der Waals surface area (Å²) in [5.74, 6) is -1.85. The van der Waals surface area contributed by atoms with Gasteiger partial charge in [0.15, 0.2) is 9.84 Å². The predicted octanol–water partition coefficient (Wildman–Crippen LogP) is 6.52. The maximum absolute atomic E-state index is 14.4. The van der Waals surface area contributed by atoms with Crippen molar-refractivity contribution in [1.82, 2.24) is 4.90 Å². The minimum absolute atomic E-state index is 0.0260. The molecule has 9 heteroatoms. The van der Waals surface area contributed by atoms with E-state index < -0.39 is 38.1 Å². The van der Waals surface area contributed by atoms with E-state index >= 15 is 0 Å². The van der Waals surface area contributed by atoms with Gasteiger partial charge in [-0.1, -0.05) is 54.4 Å². The average molecular weight is 581 g/mol. The molecule has 4 atom stereocenters. The zero-order valence-electron chi connectivity index (χ0n) is 22.2. The van der Waals surface area contributed by atoms with Crippen molar-refractivity contribution in [3.05, 3.63) is 69.7 Å². The van der Waals surface area contributed by atoms with Gasteiger partial charge in [-0.2, -0.15) is 0 Å². The molecule has 206 valence electrons. The molecule has 1 aliphatic carbocycles. The van der Waals surface area contributed by atoms with Crippen molar-refractivity contribution in [2.75, 3.05) is 5.75 Å². The molecular formula is C29H35Cl2NO5S. The molecular weight excluding hydrogens is 545 g/mol. The molecule has 2 fully saturated rings. The molecule has 1 N–H and O–H groups in total. The fourth-order valence-corrected chi connectivity index (χ4v) is 7.35. The zero-order valence-corrected chi connectivity index (χ0v) is 24.5. The summed E-state index contributed by atoms with van der Waals surface area (Å²) in [6.07, 6.45) is 1.57. The van der Waals surface area contributed by atoms with Gasteiger partial charge in [-0.15, -0.1) is 0 Å². The van der Waals surface area contributed by atoms with Gasteiger partial charge in [0.2, 0.25) is 5.91 Å². The molecule has 4 rings (SSSR count). The van der Waals surface area contributed by atoms with E-state index in [0.29, 0.717) is 10.0 Å². The molecule has 0 bridgehead atoms. The van der Waals surface area contributed by atoms with Gasteiger partial charge < -0.3 is 10.0 Å². The Hall–Kier alpha value is -2.09. The van der Waals surface area contributed by atoms with E-state index in [1.165, 1.54) is 0 Å². The number of rotatable bonds is 8. The molecule has 1 saturated heterocycles. The number of carboxylic acids is 1. The van der Waals surface area contributed by atoms with E-state index in [2.05, 4.69) is 0 Å². The second-order valence-corrected chi connectivity index (χ2v) is 15.7. The lowest BCUT2D eigenvalue weighted by atomic mass is 9.67. The number of hydrogen-bond acceptors (Lipinski definition) is 4. The van der Waals surface area contributed by atoms with E-state index in [1.807, 2.05) is 30.3 Å². The van der Waals surface area contributed by atoms with Crippen molar-refractivity contribution in [3.8, 4) is 0 Å². The molecule has 1 heterocycles. The maximum Gasteiger partial charge on any atom is 0.304 e. The van der Waals surface area contributed by atoms with Crippen LogP contribution in [-0.2, 0) is 19.4 Å². The van der Waals surface area contributed by atoms with Gasteiger partial charge in [-0.05, 0) is 81.3 Å². The summed E-state index contributed by atoms with van der Waals surface area (Å²) in [6.45, 7) is 6.70. The highest BCUT2D eigenvalue weighted by Crippen LogP contribution is 2.54. The Balaban J connectivity index is 1.94. The van der Waals surface area contributed by atoms with Crippen molar-refractivity contribution >= 4 is 44.9 Å².